The van der Waals surface area contributed by atoms with Crippen LogP contribution < -0.4 is 15.2 Å². The van der Waals surface area contributed by atoms with Gasteiger partial charge in [0.2, 0.25) is 5.88 Å². The molecule has 0 bridgehead atoms. The fourth-order valence-electron chi connectivity index (χ4n) is 2.22. The molecule has 0 amide bonds. The molecule has 10 heteroatoms. The van der Waals surface area contributed by atoms with E-state index in [1.54, 1.807) is 12.1 Å². The van der Waals surface area contributed by atoms with Crippen molar-refractivity contribution in [2.45, 2.75) is 4.90 Å². The lowest BCUT2D eigenvalue weighted by atomic mass is 10.2. The second kappa shape index (κ2) is 7.29. The Kier molecular flexibility index (Phi) is 5.06. The van der Waals surface area contributed by atoms with Crippen LogP contribution in [0.15, 0.2) is 59.5 Å². The minimum Gasteiger partial charge on any atom is -0.497 e. The number of ether oxygens (including phenoxy) is 2. The highest BCUT2D eigenvalue weighted by Crippen LogP contribution is 2.23. The van der Waals surface area contributed by atoms with Gasteiger partial charge in [0.15, 0.2) is 0 Å². The normalized spacial score (nSPS) is 11.2. The third-order valence-corrected chi connectivity index (χ3v) is 5.37. The van der Waals surface area contributed by atoms with Crippen molar-refractivity contribution in [2.75, 3.05) is 12.8 Å². The predicted molar refractivity (Wildman–Crippen MR) is 98.6 cm³/mol. The van der Waals surface area contributed by atoms with E-state index in [-0.39, 0.29) is 22.2 Å². The summed E-state index contributed by atoms with van der Waals surface area (Å²) in [5.74, 6) is -0.711. The third-order valence-electron chi connectivity index (χ3n) is 3.52. The predicted octanol–water partition coefficient (Wildman–Crippen LogP) is 2.58. The first-order valence-electron chi connectivity index (χ1n) is 7.54. The van der Waals surface area contributed by atoms with Crippen LogP contribution in [0, 0.1) is 0 Å². The van der Waals surface area contributed by atoms with Gasteiger partial charge in [0, 0.05) is 11.1 Å². The highest BCUT2D eigenvalue weighted by atomic mass is 35.5. The maximum atomic E-state index is 12.7. The molecule has 0 saturated heterocycles. The molecule has 2 aromatic carbocycles. The zero-order valence-electron chi connectivity index (χ0n) is 14.0. The fraction of sp³-hybridized carbons (Fsp3) is 0.0588. The lowest BCUT2D eigenvalue weighted by Crippen LogP contribution is -2.17. The van der Waals surface area contributed by atoms with Gasteiger partial charge in [-0.2, -0.15) is 8.42 Å². The van der Waals surface area contributed by atoms with Gasteiger partial charge in [0.05, 0.1) is 17.6 Å². The lowest BCUT2D eigenvalue weighted by molar-refractivity contribution is 0.0727. The second-order valence-corrected chi connectivity index (χ2v) is 7.53. The number of rotatable bonds is 5. The van der Waals surface area contributed by atoms with Gasteiger partial charge in [-0.15, -0.1) is 9.19 Å². The van der Waals surface area contributed by atoms with Gasteiger partial charge in [-0.3, -0.25) is 0 Å². The van der Waals surface area contributed by atoms with E-state index in [1.165, 1.54) is 43.5 Å². The molecular formula is C17H14ClN3O5S. The number of carbonyl (C=O) groups excluding carboxylic acids is 1. The van der Waals surface area contributed by atoms with Crippen LogP contribution in [0.5, 0.6) is 11.6 Å². The van der Waals surface area contributed by atoms with Crippen molar-refractivity contribution < 1.29 is 22.7 Å². The number of halogens is 1. The number of esters is 1. The summed E-state index contributed by atoms with van der Waals surface area (Å²) in [5, 5.41) is 4.14. The Balaban J connectivity index is 1.88. The van der Waals surface area contributed by atoms with Gasteiger partial charge < -0.3 is 15.2 Å². The van der Waals surface area contributed by atoms with Crippen LogP contribution in [0.2, 0.25) is 5.02 Å². The number of aromatic nitrogens is 2. The van der Waals surface area contributed by atoms with E-state index in [0.717, 1.165) is 6.07 Å². The number of hydrogen-bond acceptors (Lipinski definition) is 7. The third kappa shape index (κ3) is 3.88. The van der Waals surface area contributed by atoms with Crippen molar-refractivity contribution in [1.82, 2.24) is 9.19 Å². The number of hydrogen-bond donors (Lipinski definition) is 1. The summed E-state index contributed by atoms with van der Waals surface area (Å²) in [4.78, 5) is 12.1. The summed E-state index contributed by atoms with van der Waals surface area (Å²) in [6.45, 7) is 0. The molecule has 0 atom stereocenters. The Morgan fingerprint density at radius 3 is 2.48 bits per heavy atom. The monoisotopic (exact) mass is 407 g/mol. The summed E-state index contributed by atoms with van der Waals surface area (Å²) >= 11 is 5.83. The SMILES string of the molecule is COc1ccc(S(=O)(=O)n2nc(OC(=O)c3cccc(Cl)c3)cc2N)cc1. The number of nitrogen functional groups attached to an aromatic ring is 1. The first-order chi connectivity index (χ1) is 12.8. The molecule has 0 aliphatic heterocycles. The van der Waals surface area contributed by atoms with E-state index >= 15 is 0 Å². The fourth-order valence-corrected chi connectivity index (χ4v) is 3.61. The molecule has 8 nitrogen and oxygen atoms in total. The molecule has 3 aromatic rings. The quantitative estimate of drug-likeness (QED) is 0.646. The van der Waals surface area contributed by atoms with Crippen LogP contribution in [0.3, 0.4) is 0 Å². The van der Waals surface area contributed by atoms with Crippen LogP contribution in [-0.2, 0) is 10.0 Å². The van der Waals surface area contributed by atoms with Gasteiger partial charge in [0.1, 0.15) is 11.6 Å². The number of carbonyl (C=O) groups is 1. The Labute approximate surface area is 160 Å². The Hall–Kier alpha value is -3.04. The molecule has 140 valence electrons. The van der Waals surface area contributed by atoms with Crippen molar-refractivity contribution in [3.63, 3.8) is 0 Å². The minimum absolute atomic E-state index is 0.0502. The zero-order valence-corrected chi connectivity index (χ0v) is 15.6. The molecule has 1 heterocycles. The van der Waals surface area contributed by atoms with E-state index in [2.05, 4.69) is 5.10 Å². The molecule has 1 aromatic heterocycles. The number of nitrogens with two attached hydrogens (primary N) is 1. The lowest BCUT2D eigenvalue weighted by Gasteiger charge is -2.07. The summed E-state index contributed by atoms with van der Waals surface area (Å²) in [6, 6.07) is 12.9. The van der Waals surface area contributed by atoms with Gasteiger partial charge in [0.25, 0.3) is 10.0 Å². The van der Waals surface area contributed by atoms with Crippen LogP contribution in [0.25, 0.3) is 0 Å². The molecule has 0 unspecified atom stereocenters. The van der Waals surface area contributed by atoms with Gasteiger partial charge in [-0.05, 0) is 42.5 Å². The van der Waals surface area contributed by atoms with Crippen molar-refractivity contribution in [3.8, 4) is 11.6 Å². The second-order valence-electron chi connectivity index (χ2n) is 5.33. The Morgan fingerprint density at radius 1 is 1.15 bits per heavy atom. The van der Waals surface area contributed by atoms with E-state index < -0.39 is 16.0 Å². The Bertz CT molecular complexity index is 1090. The summed E-state index contributed by atoms with van der Waals surface area (Å²) < 4.78 is 36.1. The maximum absolute atomic E-state index is 12.7. The van der Waals surface area contributed by atoms with Crippen molar-refractivity contribution in [2.24, 2.45) is 0 Å². The van der Waals surface area contributed by atoms with Crippen LogP contribution in [-0.4, -0.2) is 30.7 Å². The number of anilines is 1. The molecule has 0 aliphatic carbocycles. The maximum Gasteiger partial charge on any atom is 0.344 e. The minimum atomic E-state index is -4.07. The summed E-state index contributed by atoms with van der Waals surface area (Å²) in [5.41, 5.74) is 5.93. The average Bonchev–Trinajstić information content (AvgIpc) is 3.02. The molecule has 0 saturated carbocycles. The molecule has 27 heavy (non-hydrogen) atoms. The topological polar surface area (TPSA) is 114 Å². The van der Waals surface area contributed by atoms with E-state index in [0.29, 0.717) is 14.9 Å². The van der Waals surface area contributed by atoms with Gasteiger partial charge in [-0.25, -0.2) is 4.79 Å². The highest BCUT2D eigenvalue weighted by molar-refractivity contribution is 7.90. The van der Waals surface area contributed by atoms with Gasteiger partial charge in [-0.1, -0.05) is 17.7 Å². The first kappa shape index (κ1) is 18.7. The number of benzene rings is 2. The largest absolute Gasteiger partial charge is 0.497 e. The molecule has 2 N–H and O–H groups in total. The number of methoxy groups -OCH3 is 1. The molecule has 0 aliphatic rings. The standard InChI is InChI=1S/C17H14ClN3O5S/c1-25-13-5-7-14(8-6-13)27(23,24)21-15(19)10-16(20-21)26-17(22)11-3-2-4-12(18)9-11/h2-10H,19H2,1H3. The summed E-state index contributed by atoms with van der Waals surface area (Å²) in [6.07, 6.45) is 0. The highest BCUT2D eigenvalue weighted by Gasteiger charge is 2.23. The van der Waals surface area contributed by atoms with Gasteiger partial charge >= 0.3 is 5.97 Å². The molecule has 3 rings (SSSR count). The zero-order chi connectivity index (χ0) is 19.6. The first-order valence-corrected chi connectivity index (χ1v) is 9.36. The van der Waals surface area contributed by atoms with Crippen molar-refractivity contribution >= 4 is 33.4 Å². The van der Waals surface area contributed by atoms with E-state index in [9.17, 15) is 13.2 Å². The van der Waals surface area contributed by atoms with Crippen LogP contribution in [0.4, 0.5) is 5.82 Å². The molecule has 0 fully saturated rings. The van der Waals surface area contributed by atoms with Crippen molar-refractivity contribution in [3.05, 3.63) is 65.2 Å². The number of nitrogens with zero attached hydrogens (tertiary/aromatic N) is 2. The van der Waals surface area contributed by atoms with E-state index in [1.807, 2.05) is 0 Å². The molecule has 0 spiro atoms. The van der Waals surface area contributed by atoms with Crippen molar-refractivity contribution in [1.29, 1.82) is 0 Å². The smallest absolute Gasteiger partial charge is 0.344 e. The Morgan fingerprint density at radius 2 is 1.85 bits per heavy atom. The van der Waals surface area contributed by atoms with E-state index in [4.69, 9.17) is 26.8 Å². The molecular weight excluding hydrogens is 394 g/mol. The van der Waals surface area contributed by atoms with Crippen LogP contribution in [0.1, 0.15) is 10.4 Å². The summed E-state index contributed by atoms with van der Waals surface area (Å²) in [7, 11) is -2.60. The van der Waals surface area contributed by atoms with Crippen LogP contribution >= 0.6 is 11.6 Å². The average molecular weight is 408 g/mol. The molecule has 0 radical (unpaired) electrons.